The van der Waals surface area contributed by atoms with Crippen molar-refractivity contribution in [1.82, 2.24) is 5.32 Å². The fourth-order valence-electron chi connectivity index (χ4n) is 4.68. The Morgan fingerprint density at radius 1 is 1.02 bits per heavy atom. The fraction of sp³-hybridized carbons (Fsp3) is 0.444. The van der Waals surface area contributed by atoms with Gasteiger partial charge in [0.05, 0.1) is 5.56 Å². The first-order valence-electron chi connectivity index (χ1n) is 12.9. The van der Waals surface area contributed by atoms with E-state index in [1.54, 1.807) is 12.1 Å². The van der Waals surface area contributed by atoms with Crippen molar-refractivity contribution in [2.75, 3.05) is 28.5 Å². The van der Waals surface area contributed by atoms with E-state index in [1.807, 2.05) is 0 Å². The van der Waals surface area contributed by atoms with Gasteiger partial charge in [0.25, 0.3) is 0 Å². The molecule has 40 heavy (non-hydrogen) atoms. The maximum Gasteiger partial charge on any atom is 0.416 e. The normalized spacial score (nSPS) is 16.6. The molecule has 1 saturated carbocycles. The Kier molecular flexibility index (Phi) is 9.33. The van der Waals surface area contributed by atoms with Gasteiger partial charge >= 0.3 is 6.18 Å². The van der Waals surface area contributed by atoms with Gasteiger partial charge in [0.1, 0.15) is 17.5 Å². The van der Waals surface area contributed by atoms with Crippen LogP contribution >= 0.6 is 0 Å². The maximum atomic E-state index is 13.4. The van der Waals surface area contributed by atoms with Crippen LogP contribution in [0.3, 0.4) is 0 Å². The number of carbonyl (C=O) groups excluding carboxylic acids is 3. The topological polar surface area (TPSA) is 114 Å². The van der Waals surface area contributed by atoms with Crippen molar-refractivity contribution >= 4 is 39.9 Å². The lowest BCUT2D eigenvalue weighted by Gasteiger charge is -2.31. The average molecular weight is 582 g/mol. The van der Waals surface area contributed by atoms with Crippen molar-refractivity contribution in [3.63, 3.8) is 0 Å². The third-order valence-corrected chi connectivity index (χ3v) is 7.82. The van der Waals surface area contributed by atoms with Gasteiger partial charge < -0.3 is 20.1 Å². The second-order valence-electron chi connectivity index (χ2n) is 9.68. The molecule has 3 amide bonds. The molecule has 2 aromatic rings. The summed E-state index contributed by atoms with van der Waals surface area (Å²) in [7, 11) is -2.02. The number of hydrogen-bond acceptors (Lipinski definition) is 6. The highest BCUT2D eigenvalue weighted by Crippen LogP contribution is 2.34. The third-order valence-electron chi connectivity index (χ3n) is 6.67. The van der Waals surface area contributed by atoms with Gasteiger partial charge in [-0.25, -0.2) is 0 Å². The summed E-state index contributed by atoms with van der Waals surface area (Å²) in [6, 6.07) is 7.50. The van der Waals surface area contributed by atoms with Crippen molar-refractivity contribution < 1.29 is 41.2 Å². The number of nitrogens with zero attached hydrogens (tertiary/aromatic N) is 1. The van der Waals surface area contributed by atoms with Crippen LogP contribution in [0.4, 0.5) is 24.5 Å². The summed E-state index contributed by atoms with van der Waals surface area (Å²) in [5.74, 6) is -2.28. The second-order valence-corrected chi connectivity index (χ2v) is 11.1. The summed E-state index contributed by atoms with van der Waals surface area (Å²) in [4.78, 5) is 39.8. The number of anilines is 2. The van der Waals surface area contributed by atoms with Gasteiger partial charge in [-0.15, -0.1) is 0 Å². The van der Waals surface area contributed by atoms with Crippen LogP contribution in [-0.4, -0.2) is 52.3 Å². The summed E-state index contributed by atoms with van der Waals surface area (Å²) >= 11 is 0. The Balaban J connectivity index is 1.46. The van der Waals surface area contributed by atoms with Crippen LogP contribution in [-0.2, 0) is 31.4 Å². The summed E-state index contributed by atoms with van der Waals surface area (Å²) < 4.78 is 63.5. The van der Waals surface area contributed by atoms with Crippen LogP contribution in [0.5, 0.6) is 11.5 Å². The summed E-state index contributed by atoms with van der Waals surface area (Å²) in [6.07, 6.45) is -0.165. The zero-order valence-corrected chi connectivity index (χ0v) is 22.6. The zero-order valence-electron chi connectivity index (χ0n) is 21.8. The highest BCUT2D eigenvalue weighted by molar-refractivity contribution is 7.86. The molecule has 2 aromatic carbocycles. The molecule has 4 rings (SSSR count). The molecule has 13 heteroatoms. The smallest absolute Gasteiger partial charge is 0.416 e. The van der Waals surface area contributed by atoms with E-state index in [4.69, 9.17) is 9.47 Å². The first-order chi connectivity index (χ1) is 19.0. The summed E-state index contributed by atoms with van der Waals surface area (Å²) in [6.45, 7) is 1.46. The van der Waals surface area contributed by atoms with Crippen LogP contribution in [0.25, 0.3) is 0 Å². The Bertz CT molecular complexity index is 1280. The van der Waals surface area contributed by atoms with E-state index in [0.29, 0.717) is 17.2 Å². The van der Waals surface area contributed by atoms with E-state index in [0.717, 1.165) is 55.2 Å². The molecule has 1 aliphatic heterocycles. The van der Waals surface area contributed by atoms with Crippen LogP contribution in [0.2, 0.25) is 0 Å². The van der Waals surface area contributed by atoms with E-state index in [9.17, 15) is 31.8 Å². The summed E-state index contributed by atoms with van der Waals surface area (Å²) in [5.41, 5.74) is -0.781. The SMILES string of the molecule is C[C@@H](C(=O)NC1CCCCC1)N(C(=O)C[S@@](=O)CC(=O)Nc1ccc2c(c1)OCO2)c1cccc(C(F)(F)F)c1. The maximum absolute atomic E-state index is 13.4. The van der Waals surface area contributed by atoms with Crippen LogP contribution in [0.1, 0.15) is 44.6 Å². The Morgan fingerprint density at radius 2 is 1.75 bits per heavy atom. The predicted molar refractivity (Wildman–Crippen MR) is 142 cm³/mol. The molecule has 1 aliphatic carbocycles. The first-order valence-corrected chi connectivity index (χ1v) is 14.3. The number of amides is 3. The van der Waals surface area contributed by atoms with Crippen molar-refractivity contribution in [2.24, 2.45) is 0 Å². The Hall–Kier alpha value is -3.61. The number of hydrogen-bond donors (Lipinski definition) is 2. The van der Waals surface area contributed by atoms with Crippen LogP contribution in [0.15, 0.2) is 42.5 Å². The Morgan fingerprint density at radius 3 is 2.48 bits per heavy atom. The van der Waals surface area contributed by atoms with E-state index in [-0.39, 0.29) is 18.5 Å². The number of ether oxygens (including phenoxy) is 2. The number of carbonyl (C=O) groups is 3. The molecule has 0 spiro atoms. The van der Waals surface area contributed by atoms with E-state index in [2.05, 4.69) is 10.6 Å². The van der Waals surface area contributed by atoms with E-state index < -0.39 is 57.8 Å². The van der Waals surface area contributed by atoms with Crippen molar-refractivity contribution in [3.05, 3.63) is 48.0 Å². The van der Waals surface area contributed by atoms with Gasteiger partial charge in [0.2, 0.25) is 24.5 Å². The van der Waals surface area contributed by atoms with Gasteiger partial charge in [-0.05, 0) is 50.1 Å². The monoisotopic (exact) mass is 581 g/mol. The van der Waals surface area contributed by atoms with Gasteiger partial charge in [0.15, 0.2) is 11.5 Å². The molecule has 1 heterocycles. The molecule has 216 valence electrons. The number of rotatable bonds is 9. The lowest BCUT2D eigenvalue weighted by atomic mass is 9.95. The molecule has 0 unspecified atom stereocenters. The predicted octanol–water partition coefficient (Wildman–Crippen LogP) is 3.99. The molecule has 2 atom stereocenters. The molecule has 0 radical (unpaired) electrons. The molecule has 0 bridgehead atoms. The zero-order chi connectivity index (χ0) is 28.9. The molecule has 2 aliphatic rings. The van der Waals surface area contributed by atoms with Gasteiger partial charge in [-0.2, -0.15) is 13.2 Å². The lowest BCUT2D eigenvalue weighted by Crippen LogP contribution is -2.52. The van der Waals surface area contributed by atoms with Crippen LogP contribution < -0.4 is 25.0 Å². The van der Waals surface area contributed by atoms with Gasteiger partial charge in [-0.1, -0.05) is 25.3 Å². The fourth-order valence-corrected chi connectivity index (χ4v) is 5.56. The van der Waals surface area contributed by atoms with E-state index >= 15 is 0 Å². The third kappa shape index (κ3) is 7.52. The standard InChI is InChI=1S/C27H30F3N3O6S/c1-17(26(36)32-19-7-3-2-4-8-19)33(21-9-5-6-18(12-21)27(28,29)30)25(35)15-40(37)14-24(34)31-20-10-11-22-23(13-20)39-16-38-22/h5-6,9-13,17,19H,2-4,7-8,14-16H2,1H3,(H,31,34)(H,32,36)/t17-,40-/m0/s1. The molecule has 0 aromatic heterocycles. The number of alkyl halides is 3. The molecular weight excluding hydrogens is 551 g/mol. The largest absolute Gasteiger partial charge is 0.454 e. The molecule has 2 N–H and O–H groups in total. The number of halogens is 3. The number of fused-ring (bicyclic) bond motifs is 1. The van der Waals surface area contributed by atoms with Gasteiger partial charge in [-0.3, -0.25) is 23.5 Å². The highest BCUT2D eigenvalue weighted by atomic mass is 32.2. The molecule has 0 saturated heterocycles. The van der Waals surface area contributed by atoms with Crippen molar-refractivity contribution in [3.8, 4) is 11.5 Å². The summed E-state index contributed by atoms with van der Waals surface area (Å²) in [5, 5.41) is 5.45. The lowest BCUT2D eigenvalue weighted by molar-refractivity contribution is -0.137. The minimum absolute atomic E-state index is 0.0539. The minimum atomic E-state index is -4.67. The Labute approximate surface area is 231 Å². The molecular formula is C27H30F3N3O6S. The number of benzene rings is 2. The second kappa shape index (κ2) is 12.7. The van der Waals surface area contributed by atoms with Crippen LogP contribution in [0, 0.1) is 0 Å². The van der Waals surface area contributed by atoms with E-state index in [1.165, 1.54) is 19.1 Å². The molecule has 1 fully saturated rings. The van der Waals surface area contributed by atoms with Crippen molar-refractivity contribution in [1.29, 1.82) is 0 Å². The first kappa shape index (κ1) is 29.4. The minimum Gasteiger partial charge on any atom is -0.454 e. The highest BCUT2D eigenvalue weighted by Gasteiger charge is 2.34. The molecule has 9 nitrogen and oxygen atoms in total. The van der Waals surface area contributed by atoms with Crippen molar-refractivity contribution in [2.45, 2.75) is 57.3 Å². The number of nitrogens with one attached hydrogen (secondary N) is 2. The average Bonchev–Trinajstić information content (AvgIpc) is 3.37. The quantitative estimate of drug-likeness (QED) is 0.463. The van der Waals surface area contributed by atoms with Gasteiger partial charge in [0, 0.05) is 34.3 Å².